The summed E-state index contributed by atoms with van der Waals surface area (Å²) in [6, 6.07) is 13.5. The van der Waals surface area contributed by atoms with Gasteiger partial charge in [0.15, 0.2) is 0 Å². The SMILES string of the molecule is O=NCCN1CCN(C(c2ccccn2)c2ccc3cccnc3c2O)CC1. The first-order valence-corrected chi connectivity index (χ1v) is 9.51. The van der Waals surface area contributed by atoms with Crippen molar-refractivity contribution < 1.29 is 5.11 Å². The molecule has 1 N–H and O–H groups in total. The Morgan fingerprint density at radius 1 is 1.00 bits per heavy atom. The van der Waals surface area contributed by atoms with E-state index in [1.165, 1.54) is 0 Å². The fourth-order valence-electron chi connectivity index (χ4n) is 3.87. The highest BCUT2D eigenvalue weighted by Gasteiger charge is 2.29. The van der Waals surface area contributed by atoms with Crippen molar-refractivity contribution >= 4 is 10.9 Å². The number of hydrogen-bond acceptors (Lipinski definition) is 7. The quantitative estimate of drug-likeness (QED) is 0.665. The molecule has 3 heterocycles. The summed E-state index contributed by atoms with van der Waals surface area (Å²) in [4.78, 5) is 23.9. The topological polar surface area (TPSA) is 81.9 Å². The van der Waals surface area contributed by atoms with Gasteiger partial charge in [-0.25, -0.2) is 0 Å². The van der Waals surface area contributed by atoms with Crippen LogP contribution < -0.4 is 0 Å². The fraction of sp³-hybridized carbons (Fsp3) is 0.333. The van der Waals surface area contributed by atoms with Gasteiger partial charge in [-0.2, -0.15) is 4.91 Å². The summed E-state index contributed by atoms with van der Waals surface area (Å²) >= 11 is 0. The lowest BCUT2D eigenvalue weighted by Gasteiger charge is -2.39. The second-order valence-corrected chi connectivity index (χ2v) is 6.97. The van der Waals surface area contributed by atoms with Gasteiger partial charge < -0.3 is 5.11 Å². The number of rotatable bonds is 6. The molecule has 7 nitrogen and oxygen atoms in total. The Morgan fingerprint density at radius 2 is 1.82 bits per heavy atom. The maximum Gasteiger partial charge on any atom is 0.146 e. The second-order valence-electron chi connectivity index (χ2n) is 6.97. The van der Waals surface area contributed by atoms with Crippen molar-refractivity contribution in [1.82, 2.24) is 19.8 Å². The molecule has 0 bridgehead atoms. The first-order valence-electron chi connectivity index (χ1n) is 9.51. The molecule has 0 aliphatic carbocycles. The van der Waals surface area contributed by atoms with E-state index in [1.807, 2.05) is 42.5 Å². The van der Waals surface area contributed by atoms with E-state index in [-0.39, 0.29) is 11.8 Å². The molecule has 1 atom stereocenters. The maximum atomic E-state index is 11.0. The summed E-state index contributed by atoms with van der Waals surface area (Å²) < 4.78 is 0. The van der Waals surface area contributed by atoms with Gasteiger partial charge in [-0.15, -0.1) is 0 Å². The van der Waals surface area contributed by atoms with Crippen LogP contribution in [-0.4, -0.2) is 64.1 Å². The van der Waals surface area contributed by atoms with E-state index < -0.39 is 0 Å². The summed E-state index contributed by atoms with van der Waals surface area (Å²) in [5, 5.41) is 14.9. The van der Waals surface area contributed by atoms with Gasteiger partial charge in [0.05, 0.1) is 18.3 Å². The normalized spacial score (nSPS) is 16.9. The van der Waals surface area contributed by atoms with Crippen LogP contribution in [0, 0.1) is 4.91 Å². The Morgan fingerprint density at radius 3 is 2.57 bits per heavy atom. The molecule has 0 saturated carbocycles. The highest BCUT2D eigenvalue weighted by atomic mass is 16.3. The second kappa shape index (κ2) is 8.41. The smallest absolute Gasteiger partial charge is 0.146 e. The van der Waals surface area contributed by atoms with Gasteiger partial charge in [0, 0.05) is 56.1 Å². The number of piperazine rings is 1. The number of phenols is 1. The zero-order valence-corrected chi connectivity index (χ0v) is 15.6. The zero-order valence-electron chi connectivity index (χ0n) is 15.6. The van der Waals surface area contributed by atoms with Crippen LogP contribution in [0.15, 0.2) is 60.0 Å². The molecule has 1 fully saturated rings. The third-order valence-electron chi connectivity index (χ3n) is 5.32. The van der Waals surface area contributed by atoms with Crippen LogP contribution in [0.1, 0.15) is 17.3 Å². The van der Waals surface area contributed by atoms with Crippen LogP contribution in [0.25, 0.3) is 10.9 Å². The van der Waals surface area contributed by atoms with Crippen LogP contribution in [0.5, 0.6) is 5.75 Å². The Kier molecular flexibility index (Phi) is 5.55. The monoisotopic (exact) mass is 377 g/mol. The minimum Gasteiger partial charge on any atom is -0.505 e. The predicted octanol–water partition coefficient (Wildman–Crippen LogP) is 2.81. The molecule has 2 aromatic heterocycles. The Labute approximate surface area is 163 Å². The van der Waals surface area contributed by atoms with E-state index in [4.69, 9.17) is 0 Å². The highest BCUT2D eigenvalue weighted by molar-refractivity contribution is 5.85. The molecule has 1 aliphatic rings. The van der Waals surface area contributed by atoms with Crippen molar-refractivity contribution in [3.05, 3.63) is 71.0 Å². The number of nitroso groups, excluding NO2 is 1. The van der Waals surface area contributed by atoms with Crippen molar-refractivity contribution in [1.29, 1.82) is 0 Å². The number of aromatic hydroxyl groups is 1. The van der Waals surface area contributed by atoms with Crippen molar-refractivity contribution in [2.75, 3.05) is 39.3 Å². The minimum atomic E-state index is -0.154. The summed E-state index contributed by atoms with van der Waals surface area (Å²) in [6.45, 7) is 4.36. The highest BCUT2D eigenvalue weighted by Crippen LogP contribution is 2.37. The standard InChI is InChI=1S/C21H23N5O2/c27-21-17(7-6-16-4-3-9-23-19(16)21)20(18-5-1-2-8-22-18)26-14-12-25(13-15-26)11-10-24-28/h1-9,20,27H,10-15H2. The van der Waals surface area contributed by atoms with Gasteiger partial charge in [0.1, 0.15) is 11.3 Å². The molecule has 1 aliphatic heterocycles. The van der Waals surface area contributed by atoms with Gasteiger partial charge in [-0.1, -0.05) is 29.4 Å². The number of fused-ring (bicyclic) bond motifs is 1. The number of aromatic nitrogens is 2. The summed E-state index contributed by atoms with van der Waals surface area (Å²) in [7, 11) is 0. The third-order valence-corrected chi connectivity index (χ3v) is 5.32. The summed E-state index contributed by atoms with van der Waals surface area (Å²) in [6.07, 6.45) is 3.48. The van der Waals surface area contributed by atoms with Crippen LogP contribution in [-0.2, 0) is 0 Å². The summed E-state index contributed by atoms with van der Waals surface area (Å²) in [5.74, 6) is 0.210. The first kappa shape index (κ1) is 18.5. The van der Waals surface area contributed by atoms with Gasteiger partial charge >= 0.3 is 0 Å². The largest absolute Gasteiger partial charge is 0.505 e. The van der Waals surface area contributed by atoms with Crippen molar-refractivity contribution in [2.24, 2.45) is 5.18 Å². The van der Waals surface area contributed by atoms with Crippen LogP contribution >= 0.6 is 0 Å². The molecular formula is C21H23N5O2. The number of hydrogen-bond donors (Lipinski definition) is 1. The lowest BCUT2D eigenvalue weighted by molar-refractivity contribution is 0.109. The molecule has 4 rings (SSSR count). The van der Waals surface area contributed by atoms with Crippen LogP contribution in [0.3, 0.4) is 0 Å². The van der Waals surface area contributed by atoms with Crippen molar-refractivity contribution in [3.8, 4) is 5.75 Å². The van der Waals surface area contributed by atoms with Gasteiger partial charge in [0.25, 0.3) is 0 Å². The molecule has 144 valence electrons. The molecule has 1 unspecified atom stereocenters. The molecule has 0 spiro atoms. The lowest BCUT2D eigenvalue weighted by atomic mass is 9.97. The van der Waals surface area contributed by atoms with Crippen molar-refractivity contribution in [2.45, 2.75) is 6.04 Å². The van der Waals surface area contributed by atoms with Crippen LogP contribution in [0.4, 0.5) is 0 Å². The first-order chi connectivity index (χ1) is 13.8. The molecule has 0 radical (unpaired) electrons. The average molecular weight is 377 g/mol. The molecule has 28 heavy (non-hydrogen) atoms. The molecule has 1 aromatic carbocycles. The predicted molar refractivity (Wildman–Crippen MR) is 108 cm³/mol. The zero-order chi connectivity index (χ0) is 19.3. The fourth-order valence-corrected chi connectivity index (χ4v) is 3.87. The number of phenolic OH excluding ortho intramolecular Hbond substituents is 1. The third kappa shape index (κ3) is 3.72. The van der Waals surface area contributed by atoms with Gasteiger partial charge in [-0.05, 0) is 18.2 Å². The van der Waals surface area contributed by atoms with Crippen LogP contribution in [0.2, 0.25) is 0 Å². The number of nitrogens with zero attached hydrogens (tertiary/aromatic N) is 5. The minimum absolute atomic E-state index is 0.154. The summed E-state index contributed by atoms with van der Waals surface area (Å²) in [5.41, 5.74) is 2.32. The van der Waals surface area contributed by atoms with E-state index in [1.54, 1.807) is 12.4 Å². The molecule has 7 heteroatoms. The van der Waals surface area contributed by atoms with E-state index in [9.17, 15) is 10.0 Å². The molecule has 3 aromatic rings. The van der Waals surface area contributed by atoms with E-state index in [2.05, 4.69) is 24.9 Å². The maximum absolute atomic E-state index is 11.0. The Bertz CT molecular complexity index is 942. The molecule has 1 saturated heterocycles. The molecule has 0 amide bonds. The Hall–Kier alpha value is -2.90. The lowest BCUT2D eigenvalue weighted by Crippen LogP contribution is -2.48. The van der Waals surface area contributed by atoms with Gasteiger partial charge in [0.2, 0.25) is 0 Å². The van der Waals surface area contributed by atoms with E-state index in [0.29, 0.717) is 18.6 Å². The number of benzene rings is 1. The average Bonchev–Trinajstić information content (AvgIpc) is 2.76. The Balaban J connectivity index is 1.68. The van der Waals surface area contributed by atoms with E-state index >= 15 is 0 Å². The number of pyridine rings is 2. The molecular weight excluding hydrogens is 354 g/mol. The van der Waals surface area contributed by atoms with Crippen molar-refractivity contribution in [3.63, 3.8) is 0 Å². The van der Waals surface area contributed by atoms with E-state index in [0.717, 1.165) is 42.8 Å². The van der Waals surface area contributed by atoms with Gasteiger partial charge in [-0.3, -0.25) is 19.8 Å².